The first-order valence-corrected chi connectivity index (χ1v) is 5.68. The number of hydrogen-bond acceptors (Lipinski definition) is 4. The van der Waals surface area contributed by atoms with Crippen LogP contribution in [0, 0.1) is 0 Å². The van der Waals surface area contributed by atoms with Gasteiger partial charge in [-0.05, 0) is 13.0 Å². The van der Waals surface area contributed by atoms with Crippen LogP contribution in [0.15, 0.2) is 12.1 Å². The highest BCUT2D eigenvalue weighted by Crippen LogP contribution is 2.36. The molecule has 2 amide bonds. The zero-order valence-corrected chi connectivity index (χ0v) is 11.6. The largest absolute Gasteiger partial charge is 0.482 e. The first-order valence-electron chi connectivity index (χ1n) is 5.30. The fraction of sp³-hybridized carbons (Fsp3) is 0.273. The van der Waals surface area contributed by atoms with E-state index in [0.29, 0.717) is 22.1 Å². The Bertz CT molecular complexity index is 520. The van der Waals surface area contributed by atoms with Crippen molar-refractivity contribution in [2.24, 2.45) is 5.73 Å². The highest BCUT2D eigenvalue weighted by molar-refractivity contribution is 6.34. The Morgan fingerprint density at radius 2 is 2.26 bits per heavy atom. The van der Waals surface area contributed by atoms with Crippen molar-refractivity contribution in [2.45, 2.75) is 13.0 Å². The van der Waals surface area contributed by atoms with Crippen LogP contribution >= 0.6 is 24.0 Å². The van der Waals surface area contributed by atoms with Crippen LogP contribution in [0.5, 0.6) is 5.75 Å². The van der Waals surface area contributed by atoms with E-state index in [9.17, 15) is 9.59 Å². The average molecular weight is 306 g/mol. The molecule has 1 aliphatic heterocycles. The summed E-state index contributed by atoms with van der Waals surface area (Å²) >= 11 is 6.00. The molecule has 1 aliphatic rings. The number of rotatable bonds is 2. The molecular formula is C11H13Cl2N3O3. The van der Waals surface area contributed by atoms with Crippen LogP contribution in [-0.4, -0.2) is 24.5 Å². The molecule has 8 heteroatoms. The average Bonchev–Trinajstić information content (AvgIpc) is 2.30. The van der Waals surface area contributed by atoms with Gasteiger partial charge >= 0.3 is 0 Å². The quantitative estimate of drug-likeness (QED) is 0.769. The number of halogens is 2. The lowest BCUT2D eigenvalue weighted by molar-refractivity contribution is -0.119. The maximum atomic E-state index is 11.5. The van der Waals surface area contributed by atoms with Crippen LogP contribution in [0.1, 0.15) is 6.92 Å². The smallest absolute Gasteiger partial charge is 0.262 e. The molecule has 1 atom stereocenters. The van der Waals surface area contributed by atoms with Crippen molar-refractivity contribution in [3.63, 3.8) is 0 Å². The Hall–Kier alpha value is -1.50. The number of anilines is 2. The van der Waals surface area contributed by atoms with Gasteiger partial charge in [0.1, 0.15) is 5.75 Å². The van der Waals surface area contributed by atoms with Crippen molar-refractivity contribution in [1.82, 2.24) is 0 Å². The van der Waals surface area contributed by atoms with E-state index in [1.807, 2.05) is 0 Å². The van der Waals surface area contributed by atoms with Gasteiger partial charge in [-0.15, -0.1) is 12.4 Å². The van der Waals surface area contributed by atoms with Gasteiger partial charge in [-0.2, -0.15) is 0 Å². The summed E-state index contributed by atoms with van der Waals surface area (Å²) in [6, 6.07) is 2.43. The lowest BCUT2D eigenvalue weighted by Gasteiger charge is -2.20. The van der Waals surface area contributed by atoms with Crippen molar-refractivity contribution in [3.05, 3.63) is 17.2 Å². The van der Waals surface area contributed by atoms with Gasteiger partial charge < -0.3 is 21.1 Å². The van der Waals surface area contributed by atoms with Gasteiger partial charge in [-0.1, -0.05) is 11.6 Å². The number of fused-ring (bicyclic) bond motifs is 1. The molecular weight excluding hydrogens is 293 g/mol. The molecule has 2 rings (SSSR count). The first kappa shape index (κ1) is 15.6. The molecule has 0 radical (unpaired) electrons. The number of carbonyl (C=O) groups is 2. The number of nitrogens with one attached hydrogen (secondary N) is 2. The topological polar surface area (TPSA) is 93.5 Å². The zero-order chi connectivity index (χ0) is 13.3. The Kier molecular flexibility index (Phi) is 4.99. The van der Waals surface area contributed by atoms with Crippen LogP contribution in [0.2, 0.25) is 5.02 Å². The molecule has 1 aromatic carbocycles. The van der Waals surface area contributed by atoms with Crippen molar-refractivity contribution < 1.29 is 14.3 Å². The molecule has 4 N–H and O–H groups in total. The van der Waals surface area contributed by atoms with Gasteiger partial charge in [0, 0.05) is 6.07 Å². The van der Waals surface area contributed by atoms with E-state index in [0.717, 1.165) is 0 Å². The van der Waals surface area contributed by atoms with Gasteiger partial charge in [-0.3, -0.25) is 9.59 Å². The molecule has 0 spiro atoms. The number of benzene rings is 1. The summed E-state index contributed by atoms with van der Waals surface area (Å²) in [5.41, 5.74) is 6.33. The van der Waals surface area contributed by atoms with Gasteiger partial charge in [0.15, 0.2) is 6.61 Å². The number of carbonyl (C=O) groups excluding carboxylic acids is 2. The number of ether oxygens (including phenoxy) is 1. The molecule has 0 bridgehead atoms. The lowest BCUT2D eigenvalue weighted by atomic mass is 10.2. The van der Waals surface area contributed by atoms with E-state index in [-0.39, 0.29) is 30.8 Å². The zero-order valence-electron chi connectivity index (χ0n) is 10.0. The monoisotopic (exact) mass is 305 g/mol. The minimum absolute atomic E-state index is 0. The Morgan fingerprint density at radius 1 is 1.58 bits per heavy atom. The Labute approximate surface area is 121 Å². The van der Waals surface area contributed by atoms with Crippen molar-refractivity contribution in [3.8, 4) is 5.75 Å². The SMILES string of the molecule is C[C@@H](N)C(=O)Nc1cc2c(cc1Cl)NC(=O)CO2.Cl. The highest BCUT2D eigenvalue weighted by Gasteiger charge is 2.19. The van der Waals surface area contributed by atoms with E-state index in [4.69, 9.17) is 22.1 Å². The minimum atomic E-state index is -0.641. The molecule has 0 saturated carbocycles. The number of amides is 2. The van der Waals surface area contributed by atoms with E-state index >= 15 is 0 Å². The summed E-state index contributed by atoms with van der Waals surface area (Å²) in [6.45, 7) is 1.51. The second kappa shape index (κ2) is 6.10. The van der Waals surface area contributed by atoms with Gasteiger partial charge in [0.05, 0.1) is 22.4 Å². The van der Waals surface area contributed by atoms with Crippen LogP contribution in [0.4, 0.5) is 11.4 Å². The van der Waals surface area contributed by atoms with Crippen LogP contribution in [0.3, 0.4) is 0 Å². The third-order valence-electron chi connectivity index (χ3n) is 2.37. The van der Waals surface area contributed by atoms with E-state index < -0.39 is 6.04 Å². The maximum absolute atomic E-state index is 11.5. The number of nitrogens with two attached hydrogens (primary N) is 1. The Morgan fingerprint density at radius 3 is 2.89 bits per heavy atom. The molecule has 0 aliphatic carbocycles. The van der Waals surface area contributed by atoms with Gasteiger partial charge in [-0.25, -0.2) is 0 Å². The third-order valence-corrected chi connectivity index (χ3v) is 2.69. The normalized spacial score (nSPS) is 14.4. The van der Waals surface area contributed by atoms with Crippen LogP contribution in [-0.2, 0) is 9.59 Å². The molecule has 0 saturated heterocycles. The van der Waals surface area contributed by atoms with Crippen molar-refractivity contribution >= 4 is 47.2 Å². The molecule has 104 valence electrons. The van der Waals surface area contributed by atoms with Gasteiger partial charge in [0.2, 0.25) is 5.91 Å². The fourth-order valence-electron chi connectivity index (χ4n) is 1.44. The van der Waals surface area contributed by atoms with Gasteiger partial charge in [0.25, 0.3) is 5.91 Å². The summed E-state index contributed by atoms with van der Waals surface area (Å²) in [4.78, 5) is 22.6. The standard InChI is InChI=1S/C11H12ClN3O3.ClH/c1-5(13)11(17)15-7-3-9-8(2-6(7)12)14-10(16)4-18-9;/h2-3,5H,4,13H2,1H3,(H,14,16)(H,15,17);1H/t5-;/m1./s1. The summed E-state index contributed by atoms with van der Waals surface area (Å²) in [5, 5.41) is 5.50. The minimum Gasteiger partial charge on any atom is -0.482 e. The third kappa shape index (κ3) is 3.50. The second-order valence-electron chi connectivity index (χ2n) is 3.94. The molecule has 1 heterocycles. The van der Waals surface area contributed by atoms with E-state index in [1.165, 1.54) is 6.07 Å². The first-order chi connectivity index (χ1) is 8.47. The summed E-state index contributed by atoms with van der Waals surface area (Å²) < 4.78 is 5.22. The van der Waals surface area contributed by atoms with E-state index in [2.05, 4.69) is 10.6 Å². The van der Waals surface area contributed by atoms with Crippen LogP contribution < -0.4 is 21.1 Å². The second-order valence-corrected chi connectivity index (χ2v) is 4.35. The predicted molar refractivity (Wildman–Crippen MR) is 75.1 cm³/mol. The Balaban J connectivity index is 0.00000180. The highest BCUT2D eigenvalue weighted by atomic mass is 35.5. The summed E-state index contributed by atoms with van der Waals surface area (Å²) in [7, 11) is 0. The van der Waals surface area contributed by atoms with E-state index in [1.54, 1.807) is 13.0 Å². The molecule has 1 aromatic rings. The maximum Gasteiger partial charge on any atom is 0.262 e. The fourth-order valence-corrected chi connectivity index (χ4v) is 1.65. The number of hydrogen-bond donors (Lipinski definition) is 3. The summed E-state index contributed by atoms with van der Waals surface area (Å²) in [5.74, 6) is -0.137. The molecule has 0 unspecified atom stereocenters. The molecule has 0 aromatic heterocycles. The molecule has 19 heavy (non-hydrogen) atoms. The molecule has 0 fully saturated rings. The van der Waals surface area contributed by atoms with Crippen LogP contribution in [0.25, 0.3) is 0 Å². The predicted octanol–water partition coefficient (Wildman–Crippen LogP) is 1.38. The lowest BCUT2D eigenvalue weighted by Crippen LogP contribution is -2.32. The molecule has 6 nitrogen and oxygen atoms in total. The van der Waals surface area contributed by atoms with Crippen molar-refractivity contribution in [1.29, 1.82) is 0 Å². The summed E-state index contributed by atoms with van der Waals surface area (Å²) in [6.07, 6.45) is 0. The van der Waals surface area contributed by atoms with Crippen molar-refractivity contribution in [2.75, 3.05) is 17.2 Å².